The Morgan fingerprint density at radius 3 is 2.55 bits per heavy atom. The van der Waals surface area contributed by atoms with Crippen molar-refractivity contribution in [3.63, 3.8) is 0 Å². The molecule has 1 fully saturated rings. The van der Waals surface area contributed by atoms with Gasteiger partial charge in [-0.2, -0.15) is 0 Å². The molecule has 20 heavy (non-hydrogen) atoms. The zero-order valence-electron chi connectivity index (χ0n) is 13.6. The van der Waals surface area contributed by atoms with Gasteiger partial charge in [-0.3, -0.25) is 0 Å². The second-order valence-electron chi connectivity index (χ2n) is 6.74. The minimum Gasteiger partial charge on any atom is -0.406 e. The molecule has 0 unspecified atom stereocenters. The second kappa shape index (κ2) is 7.02. The van der Waals surface area contributed by atoms with E-state index in [2.05, 4.69) is 39.0 Å². The van der Waals surface area contributed by atoms with Crippen molar-refractivity contribution in [3.05, 3.63) is 0 Å². The van der Waals surface area contributed by atoms with E-state index in [0.29, 0.717) is 13.0 Å². The van der Waals surface area contributed by atoms with E-state index in [1.54, 1.807) is 7.11 Å². The fraction of sp³-hybridized carbons (Fsp3) is 0.929. The third-order valence-corrected chi connectivity index (χ3v) is 8.66. The molecule has 0 bridgehead atoms. The molecule has 0 spiro atoms. The van der Waals surface area contributed by atoms with Gasteiger partial charge in [-0.1, -0.05) is 25.9 Å². The lowest BCUT2D eigenvalue weighted by atomic mass is 10.0. The lowest BCUT2D eigenvalue weighted by Crippen LogP contribution is -2.52. The SMILES string of the molecule is CO/N=C1/CCO[C@@H](CCO)[C@H]1O[Si](C)(C)C(C)(C)C. The van der Waals surface area contributed by atoms with E-state index < -0.39 is 8.32 Å². The van der Waals surface area contributed by atoms with Crippen LogP contribution in [0.5, 0.6) is 0 Å². The molecular formula is C14H29NO4Si. The molecule has 1 aliphatic heterocycles. The average molecular weight is 303 g/mol. The van der Waals surface area contributed by atoms with Gasteiger partial charge in [-0.25, -0.2) is 0 Å². The molecule has 0 aromatic rings. The first-order valence-corrected chi connectivity index (χ1v) is 10.1. The van der Waals surface area contributed by atoms with Crippen LogP contribution in [0.15, 0.2) is 5.16 Å². The minimum absolute atomic E-state index is 0.0856. The first-order valence-electron chi connectivity index (χ1n) is 7.23. The van der Waals surface area contributed by atoms with Gasteiger partial charge in [0.15, 0.2) is 8.32 Å². The molecule has 0 aromatic heterocycles. The van der Waals surface area contributed by atoms with Gasteiger partial charge in [0.2, 0.25) is 0 Å². The van der Waals surface area contributed by atoms with Crippen LogP contribution in [0.4, 0.5) is 0 Å². The minimum atomic E-state index is -1.93. The number of aliphatic hydroxyl groups is 1. The molecule has 6 heteroatoms. The Hall–Kier alpha value is -0.433. The smallest absolute Gasteiger partial charge is 0.193 e. The van der Waals surface area contributed by atoms with Crippen LogP contribution in [0, 0.1) is 0 Å². The van der Waals surface area contributed by atoms with Crippen molar-refractivity contribution in [1.29, 1.82) is 0 Å². The van der Waals surface area contributed by atoms with Crippen LogP contribution in [0.3, 0.4) is 0 Å². The maximum atomic E-state index is 9.22. The highest BCUT2D eigenvalue weighted by atomic mass is 28.4. The number of aliphatic hydroxyl groups excluding tert-OH is 1. The Balaban J connectivity index is 2.95. The molecule has 2 atom stereocenters. The van der Waals surface area contributed by atoms with Crippen molar-refractivity contribution in [3.8, 4) is 0 Å². The molecule has 0 radical (unpaired) electrons. The van der Waals surface area contributed by atoms with Crippen LogP contribution >= 0.6 is 0 Å². The van der Waals surface area contributed by atoms with E-state index in [1.807, 2.05) is 0 Å². The predicted octanol–water partition coefficient (Wildman–Crippen LogP) is 2.55. The molecular weight excluding hydrogens is 274 g/mol. The van der Waals surface area contributed by atoms with Crippen LogP contribution in [0.2, 0.25) is 18.1 Å². The number of hydrogen-bond acceptors (Lipinski definition) is 5. The van der Waals surface area contributed by atoms with Crippen LogP contribution in [0.1, 0.15) is 33.6 Å². The predicted molar refractivity (Wildman–Crippen MR) is 82.6 cm³/mol. The number of nitrogens with zero attached hydrogens (tertiary/aromatic N) is 1. The Morgan fingerprint density at radius 2 is 2.05 bits per heavy atom. The molecule has 0 saturated carbocycles. The number of ether oxygens (including phenoxy) is 1. The first-order chi connectivity index (χ1) is 9.23. The topological polar surface area (TPSA) is 60.3 Å². The maximum absolute atomic E-state index is 9.22. The van der Waals surface area contributed by atoms with Crippen molar-refractivity contribution in [2.45, 2.75) is 64.0 Å². The van der Waals surface area contributed by atoms with E-state index >= 15 is 0 Å². The molecule has 1 saturated heterocycles. The second-order valence-corrected chi connectivity index (χ2v) is 11.5. The first kappa shape index (κ1) is 17.6. The summed E-state index contributed by atoms with van der Waals surface area (Å²) in [5, 5.41) is 13.4. The highest BCUT2D eigenvalue weighted by molar-refractivity contribution is 6.74. The van der Waals surface area contributed by atoms with Gasteiger partial charge in [-0.15, -0.1) is 0 Å². The van der Waals surface area contributed by atoms with E-state index in [-0.39, 0.29) is 23.9 Å². The summed E-state index contributed by atoms with van der Waals surface area (Å²) in [5.41, 5.74) is 0.891. The summed E-state index contributed by atoms with van der Waals surface area (Å²) in [6.45, 7) is 11.7. The summed E-state index contributed by atoms with van der Waals surface area (Å²) < 4.78 is 12.2. The lowest BCUT2D eigenvalue weighted by Gasteiger charge is -2.42. The van der Waals surface area contributed by atoms with Crippen LogP contribution < -0.4 is 0 Å². The van der Waals surface area contributed by atoms with Gasteiger partial charge in [0.25, 0.3) is 0 Å². The van der Waals surface area contributed by atoms with Gasteiger partial charge in [0, 0.05) is 13.0 Å². The van der Waals surface area contributed by atoms with Gasteiger partial charge in [0.05, 0.1) is 18.4 Å². The largest absolute Gasteiger partial charge is 0.406 e. The Labute approximate surface area is 123 Å². The van der Waals surface area contributed by atoms with Gasteiger partial charge < -0.3 is 19.1 Å². The highest BCUT2D eigenvalue weighted by Crippen LogP contribution is 2.38. The van der Waals surface area contributed by atoms with Crippen molar-refractivity contribution >= 4 is 14.0 Å². The quantitative estimate of drug-likeness (QED) is 0.626. The fourth-order valence-electron chi connectivity index (χ4n) is 1.97. The van der Waals surface area contributed by atoms with E-state index in [4.69, 9.17) is 14.0 Å². The Kier molecular flexibility index (Phi) is 6.18. The van der Waals surface area contributed by atoms with E-state index in [9.17, 15) is 5.11 Å². The fourth-order valence-corrected chi connectivity index (χ4v) is 3.25. The maximum Gasteiger partial charge on any atom is 0.193 e. The molecule has 1 rings (SSSR count). The normalized spacial score (nSPS) is 26.9. The summed E-state index contributed by atoms with van der Waals surface area (Å²) in [7, 11) is -0.383. The molecule has 118 valence electrons. The molecule has 1 heterocycles. The van der Waals surface area contributed by atoms with Gasteiger partial charge in [0.1, 0.15) is 13.2 Å². The lowest BCUT2D eigenvalue weighted by molar-refractivity contribution is -0.0319. The van der Waals surface area contributed by atoms with Gasteiger partial charge >= 0.3 is 0 Å². The molecule has 1 N–H and O–H groups in total. The van der Waals surface area contributed by atoms with Crippen LogP contribution in [-0.4, -0.2) is 51.7 Å². The van der Waals surface area contributed by atoms with E-state index in [0.717, 1.165) is 12.1 Å². The molecule has 5 nitrogen and oxygen atoms in total. The summed E-state index contributed by atoms with van der Waals surface area (Å²) >= 11 is 0. The Morgan fingerprint density at radius 1 is 1.40 bits per heavy atom. The monoisotopic (exact) mass is 303 g/mol. The summed E-state index contributed by atoms with van der Waals surface area (Å²) in [4.78, 5) is 4.94. The molecule has 0 amide bonds. The van der Waals surface area contributed by atoms with Crippen molar-refractivity contribution in [2.75, 3.05) is 20.3 Å². The number of hydrogen-bond donors (Lipinski definition) is 1. The zero-order valence-corrected chi connectivity index (χ0v) is 14.6. The van der Waals surface area contributed by atoms with Crippen molar-refractivity contribution in [2.24, 2.45) is 5.16 Å². The standard InChI is InChI=1S/C14H29NO4Si/c1-14(2,3)20(5,6)19-13-11(15-17-4)8-10-18-12(13)7-9-16/h12-13,16H,7-10H2,1-6H3/b15-11-/t12-,13-/m0/s1. The summed E-state index contributed by atoms with van der Waals surface area (Å²) in [5.74, 6) is 0. The molecule has 0 aliphatic carbocycles. The summed E-state index contributed by atoms with van der Waals surface area (Å²) in [6, 6.07) is 0. The summed E-state index contributed by atoms with van der Waals surface area (Å²) in [6.07, 6.45) is 0.922. The van der Waals surface area contributed by atoms with Crippen molar-refractivity contribution < 1.29 is 19.1 Å². The highest BCUT2D eigenvalue weighted by Gasteiger charge is 2.43. The van der Waals surface area contributed by atoms with Crippen molar-refractivity contribution in [1.82, 2.24) is 0 Å². The van der Waals surface area contributed by atoms with Crippen LogP contribution in [0.25, 0.3) is 0 Å². The number of oxime groups is 1. The van der Waals surface area contributed by atoms with E-state index in [1.165, 1.54) is 0 Å². The van der Waals surface area contributed by atoms with Gasteiger partial charge in [-0.05, 0) is 24.6 Å². The Bertz CT molecular complexity index is 337. The third-order valence-electron chi connectivity index (χ3n) is 4.21. The number of rotatable bonds is 5. The molecule has 0 aromatic carbocycles. The zero-order chi connectivity index (χ0) is 15.4. The average Bonchev–Trinajstić information content (AvgIpc) is 2.32. The third kappa shape index (κ3) is 4.28. The molecule has 1 aliphatic rings. The van der Waals surface area contributed by atoms with Crippen LogP contribution in [-0.2, 0) is 14.0 Å².